The molecule has 0 saturated carbocycles. The summed E-state index contributed by atoms with van der Waals surface area (Å²) in [5.74, 6) is -0.0524. The van der Waals surface area contributed by atoms with Crippen LogP contribution < -0.4 is 0 Å². The molecule has 1 aromatic carbocycles. The molecular weight excluding hydrogens is 302 g/mol. The van der Waals surface area contributed by atoms with Crippen LogP contribution in [0.25, 0.3) is 6.08 Å². The Morgan fingerprint density at radius 2 is 1.88 bits per heavy atom. The van der Waals surface area contributed by atoms with Gasteiger partial charge in [-0.25, -0.2) is 0 Å². The molecule has 1 aliphatic rings. The van der Waals surface area contributed by atoms with E-state index in [1.165, 1.54) is 24.0 Å². The molecule has 1 aromatic heterocycles. The number of amides is 1. The number of benzene rings is 1. The molecule has 0 unspecified atom stereocenters. The van der Waals surface area contributed by atoms with Crippen LogP contribution in [-0.2, 0) is 0 Å². The number of carbonyl (C=O) groups excluding carboxylic acids is 1. The minimum Gasteiger partial charge on any atom is -0.506 e. The van der Waals surface area contributed by atoms with Gasteiger partial charge in [0.15, 0.2) is 0 Å². The van der Waals surface area contributed by atoms with Gasteiger partial charge in [0.05, 0.1) is 11.8 Å². The van der Waals surface area contributed by atoms with Crippen molar-refractivity contribution in [2.75, 3.05) is 32.7 Å². The topological polar surface area (TPSA) is 56.7 Å². The van der Waals surface area contributed by atoms with Crippen LogP contribution in [0.15, 0.2) is 54.9 Å². The molecule has 0 spiro atoms. The van der Waals surface area contributed by atoms with Gasteiger partial charge in [0.1, 0.15) is 5.75 Å². The van der Waals surface area contributed by atoms with Gasteiger partial charge in [0.2, 0.25) is 0 Å². The first-order valence-corrected chi connectivity index (χ1v) is 8.09. The Hall–Kier alpha value is -2.66. The Kier molecular flexibility index (Phi) is 5.23. The molecule has 2 aromatic rings. The Morgan fingerprint density at radius 3 is 2.58 bits per heavy atom. The van der Waals surface area contributed by atoms with Gasteiger partial charge < -0.3 is 10.0 Å². The van der Waals surface area contributed by atoms with Crippen LogP contribution in [0.5, 0.6) is 5.75 Å². The molecule has 5 nitrogen and oxygen atoms in total. The van der Waals surface area contributed by atoms with E-state index in [0.717, 1.165) is 19.6 Å². The molecule has 24 heavy (non-hydrogen) atoms. The number of pyridine rings is 1. The van der Waals surface area contributed by atoms with Crippen molar-refractivity contribution >= 4 is 12.0 Å². The van der Waals surface area contributed by atoms with Crippen molar-refractivity contribution in [3.63, 3.8) is 0 Å². The maximum atomic E-state index is 12.4. The van der Waals surface area contributed by atoms with Crippen molar-refractivity contribution in [3.8, 4) is 5.75 Å². The standard InChI is InChI=1S/C19H21N3O2/c23-18-13-17(14-20-15-18)19(24)22-11-9-21(10-12-22)8-4-7-16-5-2-1-3-6-16/h1-7,13-15,23H,8-12H2/b7-4+. The average Bonchev–Trinajstić information content (AvgIpc) is 2.63. The van der Waals surface area contributed by atoms with E-state index in [1.807, 2.05) is 23.1 Å². The molecule has 3 rings (SSSR count). The summed E-state index contributed by atoms with van der Waals surface area (Å²) in [6.07, 6.45) is 7.10. The number of carbonyl (C=O) groups is 1. The molecule has 0 aliphatic carbocycles. The van der Waals surface area contributed by atoms with Gasteiger partial charge in [0.25, 0.3) is 5.91 Å². The lowest BCUT2D eigenvalue weighted by Gasteiger charge is -2.34. The number of nitrogens with zero attached hydrogens (tertiary/aromatic N) is 3. The van der Waals surface area contributed by atoms with Gasteiger partial charge in [-0.05, 0) is 11.6 Å². The predicted molar refractivity (Wildman–Crippen MR) is 93.7 cm³/mol. The van der Waals surface area contributed by atoms with Crippen molar-refractivity contribution in [1.29, 1.82) is 0 Å². The van der Waals surface area contributed by atoms with Crippen LogP contribution >= 0.6 is 0 Å². The SMILES string of the molecule is O=C(c1cncc(O)c1)N1CCN(C/C=C/c2ccccc2)CC1. The number of piperazine rings is 1. The fourth-order valence-corrected chi connectivity index (χ4v) is 2.76. The molecule has 0 radical (unpaired) electrons. The zero-order valence-corrected chi connectivity index (χ0v) is 13.5. The minimum absolute atomic E-state index is 0.0190. The molecule has 1 amide bonds. The van der Waals surface area contributed by atoms with Crippen molar-refractivity contribution in [1.82, 2.24) is 14.8 Å². The van der Waals surface area contributed by atoms with Crippen molar-refractivity contribution in [3.05, 3.63) is 66.0 Å². The first-order valence-electron chi connectivity index (χ1n) is 8.09. The summed E-state index contributed by atoms with van der Waals surface area (Å²) in [5.41, 5.74) is 1.63. The maximum Gasteiger partial charge on any atom is 0.255 e. The molecule has 2 heterocycles. The Bertz CT molecular complexity index is 708. The van der Waals surface area contributed by atoms with Crippen LogP contribution in [0.4, 0.5) is 0 Å². The van der Waals surface area contributed by atoms with E-state index in [2.05, 4.69) is 34.2 Å². The third-order valence-corrected chi connectivity index (χ3v) is 4.10. The molecule has 1 aliphatic heterocycles. The normalized spacial score (nSPS) is 15.8. The number of hydrogen-bond donors (Lipinski definition) is 1. The molecule has 1 saturated heterocycles. The summed E-state index contributed by atoms with van der Waals surface area (Å²) in [6, 6.07) is 11.7. The smallest absolute Gasteiger partial charge is 0.255 e. The quantitative estimate of drug-likeness (QED) is 0.938. The average molecular weight is 323 g/mol. The molecule has 1 fully saturated rings. The lowest BCUT2D eigenvalue weighted by molar-refractivity contribution is 0.0649. The van der Waals surface area contributed by atoms with E-state index in [9.17, 15) is 9.90 Å². The number of aromatic hydroxyl groups is 1. The summed E-state index contributed by atoms with van der Waals surface area (Å²) in [7, 11) is 0. The van der Waals surface area contributed by atoms with E-state index in [4.69, 9.17) is 0 Å². The zero-order valence-electron chi connectivity index (χ0n) is 13.5. The van der Waals surface area contributed by atoms with Crippen LogP contribution in [-0.4, -0.2) is 58.5 Å². The van der Waals surface area contributed by atoms with Crippen molar-refractivity contribution in [2.24, 2.45) is 0 Å². The lowest BCUT2D eigenvalue weighted by atomic mass is 10.2. The van der Waals surface area contributed by atoms with Crippen molar-refractivity contribution in [2.45, 2.75) is 0 Å². The third kappa shape index (κ3) is 4.20. The highest BCUT2D eigenvalue weighted by molar-refractivity contribution is 5.94. The molecule has 124 valence electrons. The minimum atomic E-state index is -0.0714. The molecule has 1 N–H and O–H groups in total. The fraction of sp³-hybridized carbons (Fsp3) is 0.263. The maximum absolute atomic E-state index is 12.4. The Labute approximate surface area is 141 Å². The van der Waals surface area contributed by atoms with E-state index < -0.39 is 0 Å². The zero-order chi connectivity index (χ0) is 16.8. The Balaban J connectivity index is 1.49. The largest absolute Gasteiger partial charge is 0.506 e. The van der Waals surface area contributed by atoms with E-state index in [0.29, 0.717) is 18.7 Å². The second-order valence-corrected chi connectivity index (χ2v) is 5.84. The molecule has 0 atom stereocenters. The van der Waals surface area contributed by atoms with Crippen LogP contribution in [0.1, 0.15) is 15.9 Å². The first kappa shape index (κ1) is 16.2. The van der Waals surface area contributed by atoms with Gasteiger partial charge in [-0.3, -0.25) is 14.7 Å². The highest BCUT2D eigenvalue weighted by atomic mass is 16.3. The van der Waals surface area contributed by atoms with Crippen LogP contribution in [0.3, 0.4) is 0 Å². The highest BCUT2D eigenvalue weighted by Crippen LogP contribution is 2.13. The third-order valence-electron chi connectivity index (χ3n) is 4.10. The predicted octanol–water partition coefficient (Wildman–Crippen LogP) is 2.26. The molecular formula is C19H21N3O2. The van der Waals surface area contributed by atoms with E-state index in [1.54, 1.807) is 0 Å². The summed E-state index contributed by atoms with van der Waals surface area (Å²) < 4.78 is 0. The van der Waals surface area contributed by atoms with Crippen molar-refractivity contribution < 1.29 is 9.90 Å². The monoisotopic (exact) mass is 323 g/mol. The fourth-order valence-electron chi connectivity index (χ4n) is 2.76. The summed E-state index contributed by atoms with van der Waals surface area (Å²) in [4.78, 5) is 20.4. The number of aromatic nitrogens is 1. The van der Waals surface area contributed by atoms with Crippen LogP contribution in [0.2, 0.25) is 0 Å². The summed E-state index contributed by atoms with van der Waals surface area (Å²) >= 11 is 0. The second-order valence-electron chi connectivity index (χ2n) is 5.84. The summed E-state index contributed by atoms with van der Waals surface area (Å²) in [5, 5.41) is 9.44. The highest BCUT2D eigenvalue weighted by Gasteiger charge is 2.21. The first-order chi connectivity index (χ1) is 11.7. The van der Waals surface area contributed by atoms with E-state index in [-0.39, 0.29) is 11.7 Å². The molecule has 5 heteroatoms. The van der Waals surface area contributed by atoms with Gasteiger partial charge in [-0.2, -0.15) is 0 Å². The lowest BCUT2D eigenvalue weighted by Crippen LogP contribution is -2.48. The Morgan fingerprint density at radius 1 is 1.12 bits per heavy atom. The van der Waals surface area contributed by atoms with Gasteiger partial charge in [0, 0.05) is 38.9 Å². The number of hydrogen-bond acceptors (Lipinski definition) is 4. The van der Waals surface area contributed by atoms with E-state index >= 15 is 0 Å². The van der Waals surface area contributed by atoms with Crippen LogP contribution in [0, 0.1) is 0 Å². The second kappa shape index (κ2) is 7.75. The van der Waals surface area contributed by atoms with Gasteiger partial charge in [-0.1, -0.05) is 42.5 Å². The van der Waals surface area contributed by atoms with Gasteiger partial charge in [-0.15, -0.1) is 0 Å². The number of rotatable bonds is 4. The van der Waals surface area contributed by atoms with Gasteiger partial charge >= 0.3 is 0 Å². The summed E-state index contributed by atoms with van der Waals surface area (Å²) in [6.45, 7) is 3.94. The molecule has 0 bridgehead atoms.